The van der Waals surface area contributed by atoms with Gasteiger partial charge in [0.05, 0.1) is 18.6 Å². The van der Waals surface area contributed by atoms with Crippen molar-refractivity contribution < 1.29 is 23.0 Å². The maximum atomic E-state index is 14.9. The third-order valence-electron chi connectivity index (χ3n) is 4.20. The molecule has 0 spiro atoms. The molecule has 0 heterocycles. The Morgan fingerprint density at radius 1 is 1.15 bits per heavy atom. The van der Waals surface area contributed by atoms with Crippen molar-refractivity contribution >= 4 is 11.5 Å². The zero-order chi connectivity index (χ0) is 18.5. The van der Waals surface area contributed by atoms with Crippen LogP contribution in [0.1, 0.15) is 17.5 Å². The minimum atomic E-state index is -0.772. The highest BCUT2D eigenvalue weighted by Gasteiger charge is 2.25. The molecule has 0 saturated carbocycles. The van der Waals surface area contributed by atoms with E-state index in [2.05, 4.69) is 0 Å². The van der Waals surface area contributed by atoms with Crippen LogP contribution in [-0.4, -0.2) is 13.1 Å². The van der Waals surface area contributed by atoms with Gasteiger partial charge < -0.3 is 9.47 Å². The van der Waals surface area contributed by atoms with Crippen molar-refractivity contribution in [1.82, 2.24) is 0 Å². The Hall–Kier alpha value is -2.95. The Bertz CT molecular complexity index is 857. The zero-order valence-corrected chi connectivity index (χ0v) is 14.2. The SMILES string of the molecule is COC(=O)C1C=CC=C(c2c(F)ccc(OCc3ccccc3)c2F)C1. The Morgan fingerprint density at radius 3 is 2.65 bits per heavy atom. The number of hydrogen-bond acceptors (Lipinski definition) is 3. The molecule has 26 heavy (non-hydrogen) atoms. The predicted molar refractivity (Wildman–Crippen MR) is 94.4 cm³/mol. The Kier molecular flexibility index (Phi) is 5.46. The van der Waals surface area contributed by atoms with Gasteiger partial charge in [0.25, 0.3) is 0 Å². The van der Waals surface area contributed by atoms with Crippen LogP contribution in [0.25, 0.3) is 5.57 Å². The molecular weight excluding hydrogens is 338 g/mol. The van der Waals surface area contributed by atoms with Crippen LogP contribution in [0, 0.1) is 17.6 Å². The first-order chi connectivity index (χ1) is 12.6. The van der Waals surface area contributed by atoms with E-state index in [9.17, 15) is 13.6 Å². The average Bonchev–Trinajstić information content (AvgIpc) is 2.68. The molecule has 0 amide bonds. The first kappa shape index (κ1) is 17.9. The van der Waals surface area contributed by atoms with E-state index in [1.807, 2.05) is 30.3 Å². The van der Waals surface area contributed by atoms with Crippen molar-refractivity contribution in [2.45, 2.75) is 13.0 Å². The van der Waals surface area contributed by atoms with E-state index in [1.165, 1.54) is 19.2 Å². The molecule has 2 aromatic rings. The topological polar surface area (TPSA) is 35.5 Å². The van der Waals surface area contributed by atoms with Gasteiger partial charge in [0.15, 0.2) is 11.6 Å². The van der Waals surface area contributed by atoms with Crippen LogP contribution in [0.5, 0.6) is 5.75 Å². The van der Waals surface area contributed by atoms with Crippen molar-refractivity contribution in [2.75, 3.05) is 7.11 Å². The molecular formula is C21H18F2O3. The highest BCUT2D eigenvalue weighted by atomic mass is 19.1. The summed E-state index contributed by atoms with van der Waals surface area (Å²) in [4.78, 5) is 11.7. The number of ether oxygens (including phenoxy) is 2. The maximum Gasteiger partial charge on any atom is 0.312 e. The van der Waals surface area contributed by atoms with Crippen LogP contribution >= 0.6 is 0 Å². The Labute approximate surface area is 150 Å². The van der Waals surface area contributed by atoms with Crippen LogP contribution in [0.3, 0.4) is 0 Å². The molecule has 0 N–H and O–H groups in total. The summed E-state index contributed by atoms with van der Waals surface area (Å²) >= 11 is 0. The molecule has 1 aliphatic rings. The van der Waals surface area contributed by atoms with Gasteiger partial charge in [-0.1, -0.05) is 48.6 Å². The molecule has 0 bridgehead atoms. The smallest absolute Gasteiger partial charge is 0.312 e. The first-order valence-corrected chi connectivity index (χ1v) is 8.20. The summed E-state index contributed by atoms with van der Waals surface area (Å²) in [6.45, 7) is 0.173. The van der Waals surface area contributed by atoms with Crippen molar-refractivity contribution in [1.29, 1.82) is 0 Å². The van der Waals surface area contributed by atoms with E-state index < -0.39 is 23.5 Å². The van der Waals surface area contributed by atoms with Crippen LogP contribution < -0.4 is 4.74 Å². The summed E-state index contributed by atoms with van der Waals surface area (Å²) in [5.41, 5.74) is 1.10. The van der Waals surface area contributed by atoms with Gasteiger partial charge in [0.1, 0.15) is 12.4 Å². The molecule has 5 heteroatoms. The summed E-state index contributed by atoms with van der Waals surface area (Å²) in [7, 11) is 1.29. The number of methoxy groups -OCH3 is 1. The zero-order valence-electron chi connectivity index (χ0n) is 14.2. The summed E-state index contributed by atoms with van der Waals surface area (Å²) in [6, 6.07) is 11.8. The van der Waals surface area contributed by atoms with Crippen LogP contribution in [-0.2, 0) is 16.1 Å². The number of esters is 1. The van der Waals surface area contributed by atoms with Gasteiger partial charge >= 0.3 is 5.97 Å². The summed E-state index contributed by atoms with van der Waals surface area (Å²) in [5, 5.41) is 0. The van der Waals surface area contributed by atoms with Gasteiger partial charge in [-0.25, -0.2) is 8.78 Å². The lowest BCUT2D eigenvalue weighted by atomic mass is 9.89. The normalized spacial score (nSPS) is 16.1. The fraction of sp³-hybridized carbons (Fsp3) is 0.190. The first-order valence-electron chi connectivity index (χ1n) is 8.20. The molecule has 0 fully saturated rings. The van der Waals surface area contributed by atoms with Gasteiger partial charge in [-0.15, -0.1) is 0 Å². The highest BCUT2D eigenvalue weighted by molar-refractivity contribution is 5.81. The highest BCUT2D eigenvalue weighted by Crippen LogP contribution is 2.34. The number of carbonyl (C=O) groups is 1. The van der Waals surface area contributed by atoms with Gasteiger partial charge in [0.2, 0.25) is 0 Å². The van der Waals surface area contributed by atoms with E-state index in [0.717, 1.165) is 5.56 Å². The summed E-state index contributed by atoms with van der Waals surface area (Å²) < 4.78 is 39.4. The largest absolute Gasteiger partial charge is 0.486 e. The number of allylic oxidation sites excluding steroid dienone is 3. The molecule has 3 nitrogen and oxygen atoms in total. The monoisotopic (exact) mass is 356 g/mol. The number of rotatable bonds is 5. The van der Waals surface area contributed by atoms with Crippen molar-refractivity contribution in [3.8, 4) is 5.75 Å². The van der Waals surface area contributed by atoms with Crippen LogP contribution in [0.2, 0.25) is 0 Å². The average molecular weight is 356 g/mol. The molecule has 0 radical (unpaired) electrons. The Balaban J connectivity index is 1.85. The van der Waals surface area contributed by atoms with Crippen molar-refractivity contribution in [3.63, 3.8) is 0 Å². The molecule has 134 valence electrons. The fourth-order valence-corrected chi connectivity index (χ4v) is 2.85. The van der Waals surface area contributed by atoms with Crippen LogP contribution in [0.15, 0.2) is 60.7 Å². The molecule has 2 aromatic carbocycles. The van der Waals surface area contributed by atoms with Crippen LogP contribution in [0.4, 0.5) is 8.78 Å². The van der Waals surface area contributed by atoms with E-state index in [-0.39, 0.29) is 24.3 Å². The fourth-order valence-electron chi connectivity index (χ4n) is 2.85. The minimum Gasteiger partial charge on any atom is -0.486 e. The second kappa shape index (κ2) is 7.95. The Morgan fingerprint density at radius 2 is 1.92 bits per heavy atom. The lowest BCUT2D eigenvalue weighted by molar-refractivity contribution is -0.143. The predicted octanol–water partition coefficient (Wildman–Crippen LogP) is 4.68. The second-order valence-corrected chi connectivity index (χ2v) is 5.92. The standard InChI is InChI=1S/C21H18F2O3/c1-25-21(24)16-9-5-8-15(12-16)19-17(22)10-11-18(20(19)23)26-13-14-6-3-2-4-7-14/h2-11,16H,12-13H2,1H3. The second-order valence-electron chi connectivity index (χ2n) is 5.92. The lowest BCUT2D eigenvalue weighted by Gasteiger charge is -2.19. The summed E-state index contributed by atoms with van der Waals surface area (Å²) in [6.07, 6.45) is 5.03. The van der Waals surface area contributed by atoms with E-state index in [0.29, 0.717) is 5.57 Å². The third kappa shape index (κ3) is 3.82. The van der Waals surface area contributed by atoms with Crippen molar-refractivity contribution in [2.24, 2.45) is 5.92 Å². The molecule has 0 aromatic heterocycles. The molecule has 1 aliphatic carbocycles. The van der Waals surface area contributed by atoms with Gasteiger partial charge in [-0.05, 0) is 29.7 Å². The minimum absolute atomic E-state index is 0.0321. The maximum absolute atomic E-state index is 14.9. The number of carbonyl (C=O) groups excluding carboxylic acids is 1. The van der Waals surface area contributed by atoms with Gasteiger partial charge in [-0.2, -0.15) is 0 Å². The van der Waals surface area contributed by atoms with E-state index >= 15 is 0 Å². The number of halogens is 2. The summed E-state index contributed by atoms with van der Waals surface area (Å²) in [5.74, 6) is -2.50. The van der Waals surface area contributed by atoms with E-state index in [4.69, 9.17) is 9.47 Å². The lowest BCUT2D eigenvalue weighted by Crippen LogP contribution is -2.16. The van der Waals surface area contributed by atoms with Gasteiger partial charge in [0, 0.05) is 0 Å². The molecule has 1 unspecified atom stereocenters. The number of benzene rings is 2. The number of hydrogen-bond donors (Lipinski definition) is 0. The molecule has 3 rings (SSSR count). The third-order valence-corrected chi connectivity index (χ3v) is 4.20. The van der Waals surface area contributed by atoms with Crippen molar-refractivity contribution in [3.05, 3.63) is 83.5 Å². The molecule has 1 atom stereocenters. The van der Waals surface area contributed by atoms with E-state index in [1.54, 1.807) is 18.2 Å². The molecule has 0 aliphatic heterocycles. The molecule has 0 saturated heterocycles. The van der Waals surface area contributed by atoms with Gasteiger partial charge in [-0.3, -0.25) is 4.79 Å². The quantitative estimate of drug-likeness (QED) is 0.730.